The lowest BCUT2D eigenvalue weighted by atomic mass is 10.0. The fraction of sp³-hybridized carbons (Fsp3) is 0.294. The maximum Gasteiger partial charge on any atom is 0.352 e. The van der Waals surface area contributed by atoms with Gasteiger partial charge in [0.05, 0.1) is 17.8 Å². The molecule has 2 unspecified atom stereocenters. The van der Waals surface area contributed by atoms with Crippen molar-refractivity contribution in [3.63, 3.8) is 0 Å². The molecule has 0 amide bonds. The Morgan fingerprint density at radius 3 is 2.41 bits per heavy atom. The van der Waals surface area contributed by atoms with Crippen molar-refractivity contribution in [1.82, 2.24) is 13.9 Å². The van der Waals surface area contributed by atoms with Crippen molar-refractivity contribution in [3.8, 4) is 5.69 Å². The van der Waals surface area contributed by atoms with Gasteiger partial charge in [0, 0.05) is 0 Å². The third kappa shape index (κ3) is 1.43. The van der Waals surface area contributed by atoms with Crippen LogP contribution in [0.25, 0.3) is 5.69 Å². The number of para-hydroxylation sites is 1. The molecule has 5 nitrogen and oxygen atoms in total. The second-order valence-corrected chi connectivity index (χ2v) is 6.24. The first-order valence-corrected chi connectivity index (χ1v) is 7.64. The Morgan fingerprint density at radius 1 is 0.864 bits per heavy atom. The number of aromatic nitrogens is 3. The van der Waals surface area contributed by atoms with Gasteiger partial charge in [-0.3, -0.25) is 0 Å². The lowest BCUT2D eigenvalue weighted by Crippen LogP contribution is -2.36. The van der Waals surface area contributed by atoms with Gasteiger partial charge in [0.25, 0.3) is 0 Å². The Kier molecular flexibility index (Phi) is 2.19. The third-order valence-corrected chi connectivity index (χ3v) is 4.98. The van der Waals surface area contributed by atoms with Gasteiger partial charge in [-0.1, -0.05) is 42.5 Å². The Labute approximate surface area is 126 Å². The largest absolute Gasteiger partial charge is 0.352 e. The summed E-state index contributed by atoms with van der Waals surface area (Å²) in [5.74, 6) is 0.983. The number of benzene rings is 1. The molecule has 0 N–H and O–H groups in total. The molecular formula is C17H15N3O2. The van der Waals surface area contributed by atoms with Crippen molar-refractivity contribution in [2.75, 3.05) is 0 Å². The van der Waals surface area contributed by atoms with Crippen molar-refractivity contribution in [3.05, 3.63) is 75.6 Å². The maximum absolute atomic E-state index is 12.9. The average molecular weight is 293 g/mol. The molecule has 4 atom stereocenters. The van der Waals surface area contributed by atoms with Gasteiger partial charge in [0.15, 0.2) is 0 Å². The van der Waals surface area contributed by atoms with E-state index in [4.69, 9.17) is 0 Å². The molecule has 0 spiro atoms. The van der Waals surface area contributed by atoms with Gasteiger partial charge in [-0.25, -0.2) is 23.5 Å². The van der Waals surface area contributed by atoms with Gasteiger partial charge in [-0.05, 0) is 30.4 Å². The molecule has 110 valence electrons. The Hall–Kier alpha value is -2.56. The van der Waals surface area contributed by atoms with Gasteiger partial charge < -0.3 is 0 Å². The molecule has 2 bridgehead atoms. The van der Waals surface area contributed by atoms with Crippen molar-refractivity contribution < 1.29 is 0 Å². The predicted octanol–water partition coefficient (Wildman–Crippen LogP) is 1.66. The molecule has 3 heterocycles. The number of rotatable bonds is 1. The third-order valence-electron chi connectivity index (χ3n) is 4.98. The molecule has 0 radical (unpaired) electrons. The molecule has 1 saturated carbocycles. The summed E-state index contributed by atoms with van der Waals surface area (Å²) >= 11 is 0. The average Bonchev–Trinajstić information content (AvgIpc) is 3.22. The Bertz CT molecular complexity index is 929. The number of hydrogen-bond acceptors (Lipinski definition) is 2. The fourth-order valence-corrected chi connectivity index (χ4v) is 3.78. The maximum atomic E-state index is 12.9. The van der Waals surface area contributed by atoms with Crippen LogP contribution in [0.4, 0.5) is 0 Å². The smallest absolute Gasteiger partial charge is 0.245 e. The zero-order valence-corrected chi connectivity index (χ0v) is 11.9. The van der Waals surface area contributed by atoms with E-state index in [0.717, 1.165) is 6.42 Å². The highest BCUT2D eigenvalue weighted by molar-refractivity contribution is 5.31. The molecule has 1 fully saturated rings. The fourth-order valence-electron chi connectivity index (χ4n) is 3.78. The molecule has 0 saturated heterocycles. The van der Waals surface area contributed by atoms with E-state index in [0.29, 0.717) is 17.5 Å². The van der Waals surface area contributed by atoms with Crippen molar-refractivity contribution >= 4 is 0 Å². The van der Waals surface area contributed by atoms with Crippen LogP contribution in [0.5, 0.6) is 0 Å². The molecule has 6 rings (SSSR count). The van der Waals surface area contributed by atoms with Gasteiger partial charge in [-0.15, -0.1) is 0 Å². The minimum absolute atomic E-state index is 0.00337. The molecule has 4 aliphatic rings. The van der Waals surface area contributed by atoms with E-state index in [9.17, 15) is 9.59 Å². The van der Waals surface area contributed by atoms with Crippen LogP contribution in [-0.2, 0) is 0 Å². The monoisotopic (exact) mass is 293 g/mol. The van der Waals surface area contributed by atoms with Crippen LogP contribution < -0.4 is 11.4 Å². The lowest BCUT2D eigenvalue weighted by molar-refractivity contribution is 0.339. The second kappa shape index (κ2) is 4.00. The van der Waals surface area contributed by atoms with Crippen molar-refractivity contribution in [2.24, 2.45) is 11.8 Å². The molecule has 1 aromatic heterocycles. The second-order valence-electron chi connectivity index (χ2n) is 6.24. The normalized spacial score (nSPS) is 32.0. The van der Waals surface area contributed by atoms with Gasteiger partial charge >= 0.3 is 11.4 Å². The SMILES string of the molecule is O=c1n(-c2ccccc2)c(=O)n2n1C1C=CC2[C@H]2C[C@H]2/C=C\1. The van der Waals surface area contributed by atoms with E-state index < -0.39 is 0 Å². The standard InChI is InChI=1S/C17H15N3O2/c21-16-18(12-4-2-1-3-5-12)17(22)20-15-9-8-13(19(16)20)7-6-11-10-14(11)15/h1-9,11,13-15H,10H2/b7-6-/t11-,13?,14+,15?/m1/s1. The molecule has 5 heteroatoms. The van der Waals surface area contributed by atoms with E-state index in [1.807, 2.05) is 30.4 Å². The molecule has 22 heavy (non-hydrogen) atoms. The van der Waals surface area contributed by atoms with Crippen LogP contribution >= 0.6 is 0 Å². The first-order chi connectivity index (χ1) is 10.8. The van der Waals surface area contributed by atoms with Crippen LogP contribution in [0.3, 0.4) is 0 Å². The van der Waals surface area contributed by atoms with Crippen LogP contribution in [-0.4, -0.2) is 13.9 Å². The predicted molar refractivity (Wildman–Crippen MR) is 82.2 cm³/mol. The molecule has 1 aromatic carbocycles. The Morgan fingerprint density at radius 2 is 1.59 bits per heavy atom. The lowest BCUT2D eigenvalue weighted by Gasteiger charge is -2.27. The Balaban J connectivity index is 1.83. The summed E-state index contributed by atoms with van der Waals surface area (Å²) in [7, 11) is 0. The minimum atomic E-state index is -0.265. The van der Waals surface area contributed by atoms with Crippen LogP contribution in [0.1, 0.15) is 18.5 Å². The molecule has 2 aliphatic carbocycles. The highest BCUT2D eigenvalue weighted by atomic mass is 16.2. The number of hydrogen-bond donors (Lipinski definition) is 0. The highest BCUT2D eigenvalue weighted by Gasteiger charge is 2.46. The van der Waals surface area contributed by atoms with Gasteiger partial charge in [0.2, 0.25) is 0 Å². The summed E-state index contributed by atoms with van der Waals surface area (Å²) in [6.07, 6.45) is 9.46. The van der Waals surface area contributed by atoms with Crippen LogP contribution in [0.15, 0.2) is 64.2 Å². The van der Waals surface area contributed by atoms with Gasteiger partial charge in [0.1, 0.15) is 0 Å². The van der Waals surface area contributed by atoms with E-state index in [1.54, 1.807) is 21.5 Å². The molecular weight excluding hydrogens is 278 g/mol. The highest BCUT2D eigenvalue weighted by Crippen LogP contribution is 2.50. The topological polar surface area (TPSA) is 48.9 Å². The summed E-state index contributed by atoms with van der Waals surface area (Å²) in [5, 5.41) is 0. The molecule has 2 aromatic rings. The minimum Gasteiger partial charge on any atom is -0.245 e. The zero-order chi connectivity index (χ0) is 14.8. The quantitative estimate of drug-likeness (QED) is 0.751. The summed E-state index contributed by atoms with van der Waals surface area (Å²) in [6.45, 7) is 0. The van der Waals surface area contributed by atoms with Crippen LogP contribution in [0.2, 0.25) is 0 Å². The van der Waals surface area contributed by atoms with E-state index in [-0.39, 0.29) is 23.5 Å². The zero-order valence-electron chi connectivity index (χ0n) is 11.9. The van der Waals surface area contributed by atoms with Gasteiger partial charge in [-0.2, -0.15) is 0 Å². The van der Waals surface area contributed by atoms with E-state index in [2.05, 4.69) is 12.2 Å². The number of allylic oxidation sites excluding steroid dienone is 4. The number of nitrogens with zero attached hydrogens (tertiary/aromatic N) is 3. The van der Waals surface area contributed by atoms with E-state index >= 15 is 0 Å². The summed E-state index contributed by atoms with van der Waals surface area (Å²) in [6, 6.07) is 8.97. The molecule has 2 aliphatic heterocycles. The van der Waals surface area contributed by atoms with Crippen molar-refractivity contribution in [1.29, 1.82) is 0 Å². The van der Waals surface area contributed by atoms with Crippen molar-refractivity contribution in [2.45, 2.75) is 18.5 Å². The first-order valence-electron chi connectivity index (χ1n) is 7.64. The first kappa shape index (κ1) is 12.0. The summed E-state index contributed by atoms with van der Waals surface area (Å²) in [4.78, 5) is 25.7. The van der Waals surface area contributed by atoms with Crippen LogP contribution in [0, 0.1) is 11.8 Å². The van der Waals surface area contributed by atoms with E-state index in [1.165, 1.54) is 4.57 Å². The summed E-state index contributed by atoms with van der Waals surface area (Å²) < 4.78 is 4.54. The summed E-state index contributed by atoms with van der Waals surface area (Å²) in [5.41, 5.74) is 0.121.